The summed E-state index contributed by atoms with van der Waals surface area (Å²) < 4.78 is 68.3. The first-order valence-corrected chi connectivity index (χ1v) is 40.8. The number of hydrogen-bond donors (Lipinski definition) is 3. The second kappa shape index (κ2) is 70.9. The predicted octanol–water partition coefficient (Wildman–Crippen LogP) is 21.6. The molecule has 0 aromatic heterocycles. The summed E-state index contributed by atoms with van der Waals surface area (Å²) in [6.07, 6.45) is 76.3. The minimum atomic E-state index is -4.99. The van der Waals surface area contributed by atoms with Gasteiger partial charge in [-0.25, -0.2) is 9.13 Å². The number of hydrogen-bond acceptors (Lipinski definition) is 15. The lowest BCUT2D eigenvalue weighted by Gasteiger charge is -2.21. The summed E-state index contributed by atoms with van der Waals surface area (Å²) in [4.78, 5) is 72.8. The molecule has 5 unspecified atom stereocenters. The smallest absolute Gasteiger partial charge is 0.462 e. The van der Waals surface area contributed by atoms with Gasteiger partial charge in [0.1, 0.15) is 19.3 Å². The van der Waals surface area contributed by atoms with E-state index in [-0.39, 0.29) is 25.7 Å². The van der Waals surface area contributed by atoms with Crippen molar-refractivity contribution in [1.29, 1.82) is 0 Å². The van der Waals surface area contributed by atoms with Gasteiger partial charge in [0.2, 0.25) is 0 Å². The minimum absolute atomic E-state index is 0.0730. The molecule has 0 radical (unpaired) electrons. The summed E-state index contributed by atoms with van der Waals surface area (Å²) in [5, 5.41) is 10.6. The number of phosphoric acid groups is 2. The number of rotatable bonds is 70. The number of esters is 4. The zero-order chi connectivity index (χ0) is 71.8. The lowest BCUT2D eigenvalue weighted by Crippen LogP contribution is -2.30. The fourth-order valence-corrected chi connectivity index (χ4v) is 11.3. The van der Waals surface area contributed by atoms with E-state index in [0.717, 1.165) is 135 Å². The molecule has 0 fully saturated rings. The number of allylic oxidation sites excluding steroid dienone is 20. The Morgan fingerprint density at radius 3 is 0.898 bits per heavy atom. The van der Waals surface area contributed by atoms with Gasteiger partial charge in [0.05, 0.1) is 26.4 Å². The molecule has 98 heavy (non-hydrogen) atoms. The van der Waals surface area contributed by atoms with Gasteiger partial charge in [-0.1, -0.05) is 265 Å². The SMILES string of the molecule is CC/C=C\C/C=C\C/C=C\C/C=C\C/C=C\CCCC(=O)OCC(COP(=O)(O)OCC(O)COP(=O)(O)OCC(COC(=O)CCCC/C=C\C/C=C\C/C=C\C/C=C\CC)OC(=O)CCCCCCC/C=C\CCCCCC)OC(=O)CCCCCCCCCCCCCCC. The first-order chi connectivity index (χ1) is 47.7. The van der Waals surface area contributed by atoms with Gasteiger partial charge in [0, 0.05) is 25.7 Å². The molecule has 3 N–H and O–H groups in total. The van der Waals surface area contributed by atoms with Gasteiger partial charge in [0.15, 0.2) is 12.2 Å². The van der Waals surface area contributed by atoms with Gasteiger partial charge in [-0.05, 0) is 128 Å². The first kappa shape index (κ1) is 93.5. The highest BCUT2D eigenvalue weighted by Gasteiger charge is 2.30. The van der Waals surface area contributed by atoms with Gasteiger partial charge < -0.3 is 33.8 Å². The number of carbonyl (C=O) groups excluding carboxylic acids is 4. The lowest BCUT2D eigenvalue weighted by atomic mass is 10.0. The van der Waals surface area contributed by atoms with E-state index in [1.807, 2.05) is 12.2 Å². The van der Waals surface area contributed by atoms with Crippen molar-refractivity contribution >= 4 is 39.5 Å². The number of ether oxygens (including phenoxy) is 4. The van der Waals surface area contributed by atoms with Crippen molar-refractivity contribution in [1.82, 2.24) is 0 Å². The quantitative estimate of drug-likeness (QED) is 0.0169. The molecule has 562 valence electrons. The molecule has 0 aromatic rings. The maximum Gasteiger partial charge on any atom is 0.472 e. The molecule has 0 bridgehead atoms. The van der Waals surface area contributed by atoms with Gasteiger partial charge in [-0.15, -0.1) is 0 Å². The van der Waals surface area contributed by atoms with Gasteiger partial charge in [0.25, 0.3) is 0 Å². The number of aliphatic hydroxyl groups excluding tert-OH is 1. The van der Waals surface area contributed by atoms with Crippen LogP contribution in [0.2, 0.25) is 0 Å². The highest BCUT2D eigenvalue weighted by molar-refractivity contribution is 7.47. The Labute approximate surface area is 593 Å². The topological polar surface area (TPSA) is 237 Å². The molecule has 0 heterocycles. The second-order valence-corrected chi connectivity index (χ2v) is 27.7. The molecule has 0 spiro atoms. The zero-order valence-electron chi connectivity index (χ0n) is 61.2. The predicted molar refractivity (Wildman–Crippen MR) is 399 cm³/mol. The Morgan fingerprint density at radius 2 is 0.541 bits per heavy atom. The van der Waals surface area contributed by atoms with Crippen LogP contribution in [0, 0.1) is 0 Å². The van der Waals surface area contributed by atoms with Crippen molar-refractivity contribution < 1.29 is 80.2 Å². The Bertz CT molecular complexity index is 2340. The molecule has 0 rings (SSSR count). The van der Waals surface area contributed by atoms with Crippen LogP contribution in [0.15, 0.2) is 122 Å². The average Bonchev–Trinajstić information content (AvgIpc) is 0.969. The van der Waals surface area contributed by atoms with Crippen molar-refractivity contribution in [3.8, 4) is 0 Å². The highest BCUT2D eigenvalue weighted by Crippen LogP contribution is 2.45. The van der Waals surface area contributed by atoms with Crippen LogP contribution in [0.5, 0.6) is 0 Å². The van der Waals surface area contributed by atoms with Crippen molar-refractivity contribution in [2.45, 2.75) is 316 Å². The first-order valence-electron chi connectivity index (χ1n) is 37.8. The molecular weight excluding hydrogens is 1280 g/mol. The Hall–Kier alpha value is -4.54. The van der Waals surface area contributed by atoms with Crippen molar-refractivity contribution in [3.05, 3.63) is 122 Å². The Morgan fingerprint density at radius 1 is 0.296 bits per heavy atom. The van der Waals surface area contributed by atoms with Gasteiger partial charge in [-0.2, -0.15) is 0 Å². The third kappa shape index (κ3) is 69.9. The molecule has 0 saturated carbocycles. The second-order valence-electron chi connectivity index (χ2n) is 24.8. The molecule has 0 aromatic carbocycles. The monoisotopic (exact) mass is 1420 g/mol. The molecule has 5 atom stereocenters. The van der Waals surface area contributed by atoms with Crippen molar-refractivity contribution in [2.24, 2.45) is 0 Å². The molecular formula is C79H134O17P2. The summed E-state index contributed by atoms with van der Waals surface area (Å²) in [6, 6.07) is 0. The van der Waals surface area contributed by atoms with E-state index in [1.165, 1.54) is 77.0 Å². The van der Waals surface area contributed by atoms with Crippen LogP contribution in [-0.4, -0.2) is 96.7 Å². The molecule has 0 aliphatic heterocycles. The zero-order valence-corrected chi connectivity index (χ0v) is 63.0. The summed E-state index contributed by atoms with van der Waals surface area (Å²) in [5.74, 6) is -2.30. The number of aliphatic hydroxyl groups is 1. The lowest BCUT2D eigenvalue weighted by molar-refractivity contribution is -0.161. The molecule has 0 saturated heterocycles. The summed E-state index contributed by atoms with van der Waals surface area (Å²) in [7, 11) is -9.97. The highest BCUT2D eigenvalue weighted by atomic mass is 31.2. The number of carbonyl (C=O) groups is 4. The third-order valence-corrected chi connectivity index (χ3v) is 17.3. The Balaban J connectivity index is 5.42. The van der Waals surface area contributed by atoms with Crippen molar-refractivity contribution in [2.75, 3.05) is 39.6 Å². The number of phosphoric ester groups is 2. The summed E-state index contributed by atoms with van der Waals surface area (Å²) in [6.45, 7) is 4.51. The molecule has 17 nitrogen and oxygen atoms in total. The third-order valence-electron chi connectivity index (χ3n) is 15.4. The summed E-state index contributed by atoms with van der Waals surface area (Å²) in [5.41, 5.74) is 0. The van der Waals surface area contributed by atoms with E-state index < -0.39 is 97.5 Å². The van der Waals surface area contributed by atoms with E-state index in [4.69, 9.17) is 37.0 Å². The fraction of sp³-hybridized carbons (Fsp3) is 0.696. The van der Waals surface area contributed by atoms with Crippen LogP contribution >= 0.6 is 15.6 Å². The molecule has 19 heteroatoms. The van der Waals surface area contributed by atoms with E-state index in [0.29, 0.717) is 32.1 Å². The maximum atomic E-state index is 13.1. The average molecular weight is 1420 g/mol. The van der Waals surface area contributed by atoms with Crippen LogP contribution in [0.3, 0.4) is 0 Å². The number of unbranched alkanes of at least 4 members (excludes halogenated alkanes) is 24. The maximum absolute atomic E-state index is 13.1. The molecule has 0 amide bonds. The standard InChI is InChI=1S/C79H134O17P2/c1-5-9-13-17-21-25-29-33-35-36-38-42-44-48-52-56-60-64-77(82)90-70-75(96-79(84)66-62-58-54-50-46-40-32-28-24-20-16-12-8-4)72-94-98(87,88)92-68-73(80)67-91-97(85,86)93-71-74(95-78(83)65-61-57-53-49-45-39-31-27-23-19-15-11-7-3)69-89-76(81)63-59-55-51-47-43-41-37-34-30-26-22-18-14-10-6-2/h9-10,13-14,21-22,25-27,31,33-35,37-38,42-43,47-48,52,73-75,80H,5-8,11-12,15-20,23-24,28-30,32,36,39-41,44-46,49-51,53-72H2,1-4H3,(H,85,86)(H,87,88)/b13-9-,14-10-,25-21-,26-22-,31-27-,35-33-,37-34-,42-38-,47-43-,52-48-. The fourth-order valence-electron chi connectivity index (χ4n) is 9.71. The van der Waals surface area contributed by atoms with Crippen LogP contribution in [0.25, 0.3) is 0 Å². The van der Waals surface area contributed by atoms with E-state index in [2.05, 4.69) is 137 Å². The van der Waals surface area contributed by atoms with Crippen LogP contribution in [0.4, 0.5) is 0 Å². The van der Waals surface area contributed by atoms with E-state index in [9.17, 15) is 43.2 Å². The molecule has 0 aliphatic rings. The van der Waals surface area contributed by atoms with E-state index >= 15 is 0 Å². The van der Waals surface area contributed by atoms with Crippen LogP contribution < -0.4 is 0 Å². The van der Waals surface area contributed by atoms with Crippen molar-refractivity contribution in [3.63, 3.8) is 0 Å². The van der Waals surface area contributed by atoms with Gasteiger partial charge in [-0.3, -0.25) is 37.3 Å². The van der Waals surface area contributed by atoms with Crippen LogP contribution in [0.1, 0.15) is 297 Å². The minimum Gasteiger partial charge on any atom is -0.462 e. The van der Waals surface area contributed by atoms with Crippen LogP contribution in [-0.2, 0) is 65.4 Å². The van der Waals surface area contributed by atoms with E-state index in [1.54, 1.807) is 0 Å². The summed E-state index contributed by atoms with van der Waals surface area (Å²) >= 11 is 0. The largest absolute Gasteiger partial charge is 0.472 e. The molecule has 0 aliphatic carbocycles. The Kier molecular flexibility index (Phi) is 67.6. The van der Waals surface area contributed by atoms with Gasteiger partial charge >= 0.3 is 39.5 Å². The normalized spacial score (nSPS) is 14.6.